The number of halogens is 1. The van der Waals surface area contributed by atoms with Crippen molar-refractivity contribution >= 4 is 42.1 Å². The Hall–Kier alpha value is -5.01. The average molecular weight is 842 g/mol. The Morgan fingerprint density at radius 1 is 0.926 bits per heavy atom. The first-order valence-electron chi connectivity index (χ1n) is 16.1. The van der Waals surface area contributed by atoms with E-state index >= 15 is 0 Å². The number of ether oxygens (including phenoxy) is 3. The minimum absolute atomic E-state index is 0.0398. The Kier molecular flexibility index (Phi) is 14.2. The summed E-state index contributed by atoms with van der Waals surface area (Å²) < 4.78 is 80.2. The summed E-state index contributed by atoms with van der Waals surface area (Å²) >= 11 is 3.58. The summed E-state index contributed by atoms with van der Waals surface area (Å²) in [6, 6.07) is 18.9. The lowest BCUT2D eigenvalue weighted by Gasteiger charge is -2.21. The van der Waals surface area contributed by atoms with E-state index in [4.69, 9.17) is 20.6 Å². The first-order chi connectivity index (χ1) is 25.5. The summed E-state index contributed by atoms with van der Waals surface area (Å²) in [4.78, 5) is 18.2. The molecule has 0 unspecified atom stereocenters. The second-order valence-electron chi connectivity index (χ2n) is 12.1. The molecule has 3 N–H and O–H groups in total. The van der Waals surface area contributed by atoms with Gasteiger partial charge in [-0.3, -0.25) is 23.8 Å². The highest BCUT2D eigenvalue weighted by Gasteiger charge is 2.35. The van der Waals surface area contributed by atoms with E-state index in [0.717, 1.165) is 27.8 Å². The molecule has 0 radical (unpaired) electrons. The van der Waals surface area contributed by atoms with Gasteiger partial charge in [0.05, 0.1) is 23.1 Å². The number of nitrogens with one attached hydrogen (secondary N) is 1. The minimum atomic E-state index is -5.22. The molecule has 1 amide bonds. The van der Waals surface area contributed by atoms with Crippen LogP contribution in [0.1, 0.15) is 33.4 Å². The van der Waals surface area contributed by atoms with Gasteiger partial charge in [-0.05, 0) is 82.8 Å². The van der Waals surface area contributed by atoms with Gasteiger partial charge in [0.25, 0.3) is 20.2 Å². The van der Waals surface area contributed by atoms with Crippen LogP contribution in [0.5, 0.6) is 17.2 Å². The molecule has 1 aromatic heterocycles. The van der Waals surface area contributed by atoms with Crippen LogP contribution in [0.3, 0.4) is 0 Å². The standard InChI is InChI=1S/C37H37BrN4O10S2/c1-5-12-50-33-11-7-10-31(25(33)3)30-9-6-8-28(24(30)2)23-52-35-15-34(51-22-27-13-26(16-39)17-40-18-27)29(14-32(35)38)20-42(4)21-36(43)41-19-37(53(44,45)46)54(47,48)49/h1,6-11,13-15,17-18,37H,12,19-23H2,2-4H3,(H,41,43)(H,44,45,46)(H,47,48,49). The van der Waals surface area contributed by atoms with E-state index in [1.807, 2.05) is 56.3 Å². The van der Waals surface area contributed by atoms with Gasteiger partial charge >= 0.3 is 0 Å². The lowest BCUT2D eigenvalue weighted by atomic mass is 9.93. The van der Waals surface area contributed by atoms with Gasteiger partial charge < -0.3 is 19.5 Å². The third kappa shape index (κ3) is 11.3. The number of hydrogen-bond acceptors (Lipinski definition) is 11. The zero-order valence-electron chi connectivity index (χ0n) is 29.4. The fraction of sp³-hybridized carbons (Fsp3) is 0.270. The van der Waals surface area contributed by atoms with Gasteiger partial charge in [0.1, 0.15) is 43.1 Å². The van der Waals surface area contributed by atoms with Crippen LogP contribution in [0, 0.1) is 37.5 Å². The number of carbonyl (C=O) groups excluding carboxylic acids is 1. The van der Waals surface area contributed by atoms with E-state index in [-0.39, 0.29) is 32.9 Å². The van der Waals surface area contributed by atoms with Crippen molar-refractivity contribution in [1.82, 2.24) is 15.2 Å². The smallest absolute Gasteiger partial charge is 0.286 e. The second kappa shape index (κ2) is 18.4. The zero-order chi connectivity index (χ0) is 39.6. The van der Waals surface area contributed by atoms with Gasteiger partial charge in [-0.25, -0.2) is 0 Å². The molecule has 3 aromatic carbocycles. The van der Waals surface area contributed by atoms with Crippen molar-refractivity contribution in [2.24, 2.45) is 0 Å². The molecule has 284 valence electrons. The van der Waals surface area contributed by atoms with Crippen molar-refractivity contribution < 1.29 is 44.9 Å². The number of hydrogen-bond donors (Lipinski definition) is 3. The molecule has 0 aliphatic heterocycles. The van der Waals surface area contributed by atoms with Gasteiger partial charge in [0, 0.05) is 36.1 Å². The van der Waals surface area contributed by atoms with Gasteiger partial charge in [0.15, 0.2) is 0 Å². The van der Waals surface area contributed by atoms with Crippen molar-refractivity contribution in [2.45, 2.75) is 38.2 Å². The second-order valence-corrected chi connectivity index (χ2v) is 16.5. The van der Waals surface area contributed by atoms with Crippen molar-refractivity contribution in [3.05, 3.63) is 105 Å². The highest BCUT2D eigenvalue weighted by atomic mass is 79.9. The van der Waals surface area contributed by atoms with E-state index in [1.54, 1.807) is 36.3 Å². The maximum absolute atomic E-state index is 12.6. The van der Waals surface area contributed by atoms with Crippen LogP contribution in [0.25, 0.3) is 11.1 Å². The van der Waals surface area contributed by atoms with E-state index < -0.39 is 37.3 Å². The Morgan fingerprint density at radius 3 is 2.26 bits per heavy atom. The normalized spacial score (nSPS) is 11.5. The number of rotatable bonds is 17. The van der Waals surface area contributed by atoms with Crippen molar-refractivity contribution in [2.75, 3.05) is 26.7 Å². The molecule has 54 heavy (non-hydrogen) atoms. The Morgan fingerprint density at radius 2 is 1.59 bits per heavy atom. The number of nitriles is 1. The monoisotopic (exact) mass is 840 g/mol. The molecule has 0 saturated carbocycles. The van der Waals surface area contributed by atoms with Crippen LogP contribution in [0.2, 0.25) is 0 Å². The Balaban J connectivity index is 1.56. The maximum atomic E-state index is 12.6. The molecule has 14 nitrogen and oxygen atoms in total. The summed E-state index contributed by atoms with van der Waals surface area (Å²) in [6.45, 7) is 3.10. The average Bonchev–Trinajstić information content (AvgIpc) is 3.10. The number of amides is 1. The van der Waals surface area contributed by atoms with E-state index in [0.29, 0.717) is 38.4 Å². The van der Waals surface area contributed by atoms with Crippen molar-refractivity contribution in [1.29, 1.82) is 5.26 Å². The largest absolute Gasteiger partial charge is 0.488 e. The lowest BCUT2D eigenvalue weighted by molar-refractivity contribution is -0.121. The predicted octanol–water partition coefficient (Wildman–Crippen LogP) is 4.82. The van der Waals surface area contributed by atoms with Crippen LogP contribution >= 0.6 is 15.9 Å². The molecular formula is C37H37BrN4O10S2. The Labute approximate surface area is 322 Å². The summed E-state index contributed by atoms with van der Waals surface area (Å²) in [5.41, 5.74) is 6.46. The Bertz CT molecular complexity index is 2290. The number of benzene rings is 3. The topological polar surface area (TPSA) is 205 Å². The molecule has 4 aromatic rings. The predicted molar refractivity (Wildman–Crippen MR) is 204 cm³/mol. The number of carbonyl (C=O) groups is 1. The summed E-state index contributed by atoms with van der Waals surface area (Å²) in [5, 5.41) is 11.4. The zero-order valence-corrected chi connectivity index (χ0v) is 32.7. The molecule has 0 aliphatic carbocycles. The highest BCUT2D eigenvalue weighted by molar-refractivity contribution is 9.10. The minimum Gasteiger partial charge on any atom is -0.488 e. The fourth-order valence-electron chi connectivity index (χ4n) is 5.41. The SMILES string of the molecule is C#CCOc1cccc(-c2cccc(COc3cc(OCc4cncc(C#N)c4)c(CN(C)CC(=O)NCC(S(=O)(=O)O)S(=O)(=O)O)cc3Br)c2C)c1C. The molecular weight excluding hydrogens is 804 g/mol. The van der Waals surface area contributed by atoms with Gasteiger partial charge in [-0.15, -0.1) is 6.42 Å². The third-order valence-corrected chi connectivity index (χ3v) is 11.9. The number of nitrogens with zero attached hydrogens (tertiary/aromatic N) is 3. The van der Waals surface area contributed by atoms with Crippen LogP contribution in [0.4, 0.5) is 0 Å². The van der Waals surface area contributed by atoms with E-state index in [9.17, 15) is 36.0 Å². The van der Waals surface area contributed by atoms with Crippen LogP contribution in [-0.2, 0) is 44.8 Å². The van der Waals surface area contributed by atoms with Gasteiger partial charge in [-0.1, -0.05) is 36.3 Å². The molecule has 0 saturated heterocycles. The van der Waals surface area contributed by atoms with Crippen molar-refractivity contribution in [3.63, 3.8) is 0 Å². The maximum Gasteiger partial charge on any atom is 0.286 e. The lowest BCUT2D eigenvalue weighted by Crippen LogP contribution is -2.44. The summed E-state index contributed by atoms with van der Waals surface area (Å²) in [6.07, 6.45) is 8.38. The quantitative estimate of drug-likeness (QED) is 0.0965. The van der Waals surface area contributed by atoms with Gasteiger partial charge in [0.2, 0.25) is 10.5 Å². The molecule has 0 bridgehead atoms. The number of likely N-dealkylation sites (N-methyl/N-ethyl adjacent to an activating group) is 1. The molecule has 0 fully saturated rings. The molecule has 4 rings (SSSR count). The summed E-state index contributed by atoms with van der Waals surface area (Å²) in [7, 11) is -8.86. The number of aromatic nitrogens is 1. The van der Waals surface area contributed by atoms with Crippen LogP contribution in [0.15, 0.2) is 71.5 Å². The van der Waals surface area contributed by atoms with Crippen LogP contribution in [-0.4, -0.2) is 73.1 Å². The van der Waals surface area contributed by atoms with E-state index in [1.165, 1.54) is 6.20 Å². The fourth-order valence-corrected chi connectivity index (χ4v) is 7.73. The molecule has 1 heterocycles. The highest BCUT2D eigenvalue weighted by Crippen LogP contribution is 2.37. The number of pyridine rings is 1. The van der Waals surface area contributed by atoms with Crippen LogP contribution < -0.4 is 19.5 Å². The van der Waals surface area contributed by atoms with Crippen molar-refractivity contribution in [3.8, 4) is 46.8 Å². The molecule has 0 aliphatic rings. The first-order valence-corrected chi connectivity index (χ1v) is 19.9. The molecule has 0 spiro atoms. The first kappa shape index (κ1) is 41.7. The number of terminal acetylenes is 1. The third-order valence-electron chi connectivity index (χ3n) is 8.13. The van der Waals surface area contributed by atoms with E-state index in [2.05, 4.69) is 32.2 Å². The van der Waals surface area contributed by atoms with Gasteiger partial charge in [-0.2, -0.15) is 22.1 Å². The molecule has 17 heteroatoms. The molecule has 0 atom stereocenters. The summed E-state index contributed by atoms with van der Waals surface area (Å²) in [5.74, 6) is 3.24.